The molecule has 2 aromatic rings. The highest BCUT2D eigenvalue weighted by Gasteiger charge is 2.23. The van der Waals surface area contributed by atoms with Gasteiger partial charge in [-0.25, -0.2) is 4.79 Å². The first-order chi connectivity index (χ1) is 12.4. The number of carbonyl (C=O) groups excluding carboxylic acids is 2. The molecule has 1 N–H and O–H groups in total. The zero-order chi connectivity index (χ0) is 19.3. The third kappa shape index (κ3) is 4.59. The summed E-state index contributed by atoms with van der Waals surface area (Å²) < 4.78 is 15.6. The summed E-state index contributed by atoms with van der Waals surface area (Å²) in [5.41, 5.74) is 0.513. The molecule has 26 heavy (non-hydrogen) atoms. The second kappa shape index (κ2) is 8.78. The average molecular weight is 398 g/mol. The SMILES string of the molecule is COc1cccc(C(=O)OC(C)C(=O)Nc2ccc(Cl)cc2Cl)c1OC. The summed E-state index contributed by atoms with van der Waals surface area (Å²) in [7, 11) is 2.87. The summed E-state index contributed by atoms with van der Waals surface area (Å²) in [6.07, 6.45) is -1.06. The minimum atomic E-state index is -1.06. The molecule has 1 atom stereocenters. The van der Waals surface area contributed by atoms with E-state index in [-0.39, 0.29) is 16.3 Å². The predicted octanol–water partition coefficient (Wildman–Crippen LogP) is 4.19. The van der Waals surface area contributed by atoms with Crippen molar-refractivity contribution in [2.75, 3.05) is 19.5 Å². The summed E-state index contributed by atoms with van der Waals surface area (Å²) in [6, 6.07) is 9.42. The summed E-state index contributed by atoms with van der Waals surface area (Å²) >= 11 is 11.8. The number of para-hydroxylation sites is 1. The van der Waals surface area contributed by atoms with Crippen molar-refractivity contribution in [1.29, 1.82) is 0 Å². The van der Waals surface area contributed by atoms with Gasteiger partial charge in [0.05, 0.1) is 24.9 Å². The number of amides is 1. The normalized spacial score (nSPS) is 11.4. The lowest BCUT2D eigenvalue weighted by molar-refractivity contribution is -0.123. The third-order valence-corrected chi connectivity index (χ3v) is 4.01. The van der Waals surface area contributed by atoms with Crippen molar-refractivity contribution in [3.05, 3.63) is 52.0 Å². The lowest BCUT2D eigenvalue weighted by Gasteiger charge is -2.16. The zero-order valence-corrected chi connectivity index (χ0v) is 15.9. The fourth-order valence-corrected chi connectivity index (χ4v) is 2.61. The van der Waals surface area contributed by atoms with E-state index >= 15 is 0 Å². The van der Waals surface area contributed by atoms with E-state index in [2.05, 4.69) is 5.32 Å². The summed E-state index contributed by atoms with van der Waals surface area (Å²) in [4.78, 5) is 24.6. The minimum absolute atomic E-state index is 0.149. The first-order valence-electron chi connectivity index (χ1n) is 7.55. The molecule has 6 nitrogen and oxygen atoms in total. The number of hydrogen-bond acceptors (Lipinski definition) is 5. The van der Waals surface area contributed by atoms with E-state index in [9.17, 15) is 9.59 Å². The molecule has 0 spiro atoms. The van der Waals surface area contributed by atoms with Crippen LogP contribution in [-0.4, -0.2) is 32.2 Å². The van der Waals surface area contributed by atoms with Gasteiger partial charge in [0, 0.05) is 5.02 Å². The van der Waals surface area contributed by atoms with Gasteiger partial charge >= 0.3 is 5.97 Å². The first-order valence-corrected chi connectivity index (χ1v) is 8.30. The Kier molecular flexibility index (Phi) is 6.71. The monoisotopic (exact) mass is 397 g/mol. The molecule has 0 fully saturated rings. The number of esters is 1. The van der Waals surface area contributed by atoms with Crippen molar-refractivity contribution < 1.29 is 23.8 Å². The highest BCUT2D eigenvalue weighted by atomic mass is 35.5. The molecule has 0 aromatic heterocycles. The maximum atomic E-state index is 12.4. The van der Waals surface area contributed by atoms with Gasteiger partial charge in [-0.15, -0.1) is 0 Å². The highest BCUT2D eigenvalue weighted by Crippen LogP contribution is 2.31. The number of halogens is 2. The topological polar surface area (TPSA) is 73.9 Å². The molecule has 0 aliphatic heterocycles. The molecule has 1 amide bonds. The predicted molar refractivity (Wildman–Crippen MR) is 99.5 cm³/mol. The highest BCUT2D eigenvalue weighted by molar-refractivity contribution is 6.36. The van der Waals surface area contributed by atoms with Crippen molar-refractivity contribution >= 4 is 40.8 Å². The van der Waals surface area contributed by atoms with Crippen molar-refractivity contribution in [2.45, 2.75) is 13.0 Å². The maximum absolute atomic E-state index is 12.4. The van der Waals surface area contributed by atoms with E-state index < -0.39 is 18.0 Å². The zero-order valence-electron chi connectivity index (χ0n) is 14.3. The minimum Gasteiger partial charge on any atom is -0.493 e. The fourth-order valence-electron chi connectivity index (χ4n) is 2.15. The molecule has 1 unspecified atom stereocenters. The largest absolute Gasteiger partial charge is 0.493 e. The smallest absolute Gasteiger partial charge is 0.342 e. The van der Waals surface area contributed by atoms with Crippen molar-refractivity contribution in [3.63, 3.8) is 0 Å². The van der Waals surface area contributed by atoms with Crippen LogP contribution in [0.3, 0.4) is 0 Å². The Hall–Kier alpha value is -2.44. The maximum Gasteiger partial charge on any atom is 0.342 e. The quantitative estimate of drug-likeness (QED) is 0.739. The van der Waals surface area contributed by atoms with Crippen molar-refractivity contribution in [2.24, 2.45) is 0 Å². The van der Waals surface area contributed by atoms with Crippen LogP contribution >= 0.6 is 23.2 Å². The average Bonchev–Trinajstić information content (AvgIpc) is 2.62. The van der Waals surface area contributed by atoms with Gasteiger partial charge in [-0.05, 0) is 37.3 Å². The summed E-state index contributed by atoms with van der Waals surface area (Å²) in [5.74, 6) is -0.643. The van der Waals surface area contributed by atoms with Crippen LogP contribution in [0.5, 0.6) is 11.5 Å². The van der Waals surface area contributed by atoms with Gasteiger partial charge < -0.3 is 19.5 Å². The standard InChI is InChI=1S/C18H17Cl2NO5/c1-10(17(22)21-14-8-7-11(19)9-13(14)20)26-18(23)12-5-4-6-15(24-2)16(12)25-3/h4-10H,1-3H3,(H,21,22). The van der Waals surface area contributed by atoms with Crippen LogP contribution in [0.25, 0.3) is 0 Å². The number of rotatable bonds is 6. The number of anilines is 1. The molecule has 2 aromatic carbocycles. The molecule has 0 aliphatic carbocycles. The molecule has 0 saturated carbocycles. The molecule has 0 radical (unpaired) electrons. The van der Waals surface area contributed by atoms with E-state index in [1.54, 1.807) is 24.3 Å². The molecule has 2 rings (SSSR count). The van der Waals surface area contributed by atoms with Crippen LogP contribution in [0.4, 0.5) is 5.69 Å². The third-order valence-electron chi connectivity index (χ3n) is 3.46. The van der Waals surface area contributed by atoms with Crippen molar-refractivity contribution in [3.8, 4) is 11.5 Å². The number of methoxy groups -OCH3 is 2. The van der Waals surface area contributed by atoms with Crippen LogP contribution in [0.2, 0.25) is 10.0 Å². The van der Waals surface area contributed by atoms with Crippen LogP contribution in [0, 0.1) is 0 Å². The number of hydrogen-bond donors (Lipinski definition) is 1. The number of nitrogens with one attached hydrogen (secondary N) is 1. The molecule has 0 saturated heterocycles. The molecule has 0 bridgehead atoms. The van der Waals surface area contributed by atoms with Crippen LogP contribution in [0.1, 0.15) is 17.3 Å². The number of benzene rings is 2. The van der Waals surface area contributed by atoms with Gasteiger partial charge in [0.15, 0.2) is 17.6 Å². The van der Waals surface area contributed by atoms with Gasteiger partial charge in [-0.3, -0.25) is 4.79 Å². The van der Waals surface area contributed by atoms with E-state index in [0.717, 1.165) is 0 Å². The fraction of sp³-hybridized carbons (Fsp3) is 0.222. The van der Waals surface area contributed by atoms with Gasteiger partial charge in [0.1, 0.15) is 5.56 Å². The van der Waals surface area contributed by atoms with E-state index in [1.165, 1.54) is 33.3 Å². The molecule has 8 heteroatoms. The second-order valence-corrected chi connectivity index (χ2v) is 6.05. The molecule has 0 aliphatic rings. The Labute approximate surface area is 160 Å². The Morgan fingerprint density at radius 1 is 1.08 bits per heavy atom. The van der Waals surface area contributed by atoms with Gasteiger partial charge in [0.25, 0.3) is 5.91 Å². The van der Waals surface area contributed by atoms with E-state index in [4.69, 9.17) is 37.4 Å². The second-order valence-electron chi connectivity index (χ2n) is 5.20. The van der Waals surface area contributed by atoms with Gasteiger partial charge in [0.2, 0.25) is 0 Å². The molecule has 138 valence electrons. The molecular weight excluding hydrogens is 381 g/mol. The van der Waals surface area contributed by atoms with E-state index in [0.29, 0.717) is 16.5 Å². The lowest BCUT2D eigenvalue weighted by atomic mass is 10.2. The van der Waals surface area contributed by atoms with Crippen LogP contribution in [-0.2, 0) is 9.53 Å². The Morgan fingerprint density at radius 3 is 2.42 bits per heavy atom. The molecule has 0 heterocycles. The summed E-state index contributed by atoms with van der Waals surface area (Å²) in [6.45, 7) is 1.45. The van der Waals surface area contributed by atoms with Crippen LogP contribution < -0.4 is 14.8 Å². The van der Waals surface area contributed by atoms with Gasteiger partial charge in [-0.1, -0.05) is 29.3 Å². The van der Waals surface area contributed by atoms with Gasteiger partial charge in [-0.2, -0.15) is 0 Å². The summed E-state index contributed by atoms with van der Waals surface area (Å²) in [5, 5.41) is 3.30. The first kappa shape index (κ1) is 19.9. The molecular formula is C18H17Cl2NO5. The number of ether oxygens (including phenoxy) is 3. The lowest BCUT2D eigenvalue weighted by Crippen LogP contribution is -2.30. The van der Waals surface area contributed by atoms with E-state index in [1.807, 2.05) is 0 Å². The Morgan fingerprint density at radius 2 is 1.81 bits per heavy atom. The van der Waals surface area contributed by atoms with Crippen LogP contribution in [0.15, 0.2) is 36.4 Å². The Balaban J connectivity index is 2.10. The number of carbonyl (C=O) groups is 2. The Bertz CT molecular complexity index is 825. The van der Waals surface area contributed by atoms with Crippen molar-refractivity contribution in [1.82, 2.24) is 0 Å².